The minimum atomic E-state index is -2.96. The molecule has 0 radical (unpaired) electrons. The number of fused-ring (bicyclic) bond motifs is 1. The van der Waals surface area contributed by atoms with Crippen LogP contribution in [0.25, 0.3) is 0 Å². The maximum Gasteiger partial charge on any atom is 0.236 e. The Morgan fingerprint density at radius 2 is 2.05 bits per heavy atom. The van der Waals surface area contributed by atoms with Gasteiger partial charge in [-0.05, 0) is 25.2 Å². The molecule has 4 atom stereocenters. The number of amides is 1. The highest BCUT2D eigenvalue weighted by atomic mass is 32.2. The fourth-order valence-electron chi connectivity index (χ4n) is 4.05. The van der Waals surface area contributed by atoms with Crippen molar-refractivity contribution in [1.82, 2.24) is 9.80 Å². The number of carbonyl (C=O) groups excluding carboxylic acids is 1. The number of nitrogens with zero attached hydrogens (tertiary/aromatic N) is 2. The molecule has 0 bridgehead atoms. The van der Waals surface area contributed by atoms with Gasteiger partial charge < -0.3 is 10.0 Å². The van der Waals surface area contributed by atoms with Crippen molar-refractivity contribution < 1.29 is 18.3 Å². The fourth-order valence-corrected chi connectivity index (χ4v) is 5.82. The SMILES string of the molecule is CN(C(=O)CN1CC2CCC(O)C2C1)C1CCS(=O)(=O)C1. The van der Waals surface area contributed by atoms with Crippen molar-refractivity contribution >= 4 is 15.7 Å². The van der Waals surface area contributed by atoms with Gasteiger partial charge in [0.2, 0.25) is 5.91 Å². The Morgan fingerprint density at radius 3 is 2.67 bits per heavy atom. The van der Waals surface area contributed by atoms with Gasteiger partial charge in [-0.25, -0.2) is 8.42 Å². The summed E-state index contributed by atoms with van der Waals surface area (Å²) in [4.78, 5) is 16.0. The van der Waals surface area contributed by atoms with Gasteiger partial charge in [0.05, 0.1) is 24.2 Å². The Morgan fingerprint density at radius 1 is 1.29 bits per heavy atom. The Balaban J connectivity index is 1.53. The highest BCUT2D eigenvalue weighted by Crippen LogP contribution is 2.37. The van der Waals surface area contributed by atoms with E-state index in [-0.39, 0.29) is 29.6 Å². The zero-order valence-electron chi connectivity index (χ0n) is 12.4. The molecule has 21 heavy (non-hydrogen) atoms. The molecule has 0 spiro atoms. The van der Waals surface area contributed by atoms with Gasteiger partial charge in [0, 0.05) is 32.1 Å². The molecule has 2 heterocycles. The lowest BCUT2D eigenvalue weighted by molar-refractivity contribution is -0.132. The Labute approximate surface area is 126 Å². The van der Waals surface area contributed by atoms with Crippen LogP contribution in [-0.2, 0) is 14.6 Å². The summed E-state index contributed by atoms with van der Waals surface area (Å²) in [6, 6.07) is -0.171. The standard InChI is InChI=1S/C14H24N2O4S/c1-15(11-4-5-21(19,20)9-11)14(18)8-16-6-10-2-3-13(17)12(10)7-16/h10-13,17H,2-9H2,1H3. The van der Waals surface area contributed by atoms with Crippen LogP contribution < -0.4 is 0 Å². The highest BCUT2D eigenvalue weighted by molar-refractivity contribution is 7.91. The first-order valence-electron chi connectivity index (χ1n) is 7.72. The van der Waals surface area contributed by atoms with E-state index in [1.54, 1.807) is 11.9 Å². The first-order valence-corrected chi connectivity index (χ1v) is 9.54. The number of rotatable bonds is 3. The molecule has 1 amide bonds. The average molecular weight is 316 g/mol. The second-order valence-corrected chi connectivity index (χ2v) is 9.05. The zero-order valence-corrected chi connectivity index (χ0v) is 13.3. The van der Waals surface area contributed by atoms with E-state index in [1.807, 2.05) is 0 Å². The summed E-state index contributed by atoms with van der Waals surface area (Å²) in [5, 5.41) is 9.90. The van der Waals surface area contributed by atoms with Gasteiger partial charge in [0.25, 0.3) is 0 Å². The lowest BCUT2D eigenvalue weighted by atomic mass is 10.00. The summed E-state index contributed by atoms with van der Waals surface area (Å²) < 4.78 is 23.0. The molecule has 3 rings (SSSR count). The van der Waals surface area contributed by atoms with Crippen molar-refractivity contribution in [2.24, 2.45) is 11.8 Å². The molecule has 120 valence electrons. The van der Waals surface area contributed by atoms with Crippen LogP contribution in [0.4, 0.5) is 0 Å². The van der Waals surface area contributed by atoms with Gasteiger partial charge in [0.15, 0.2) is 9.84 Å². The molecule has 6 nitrogen and oxygen atoms in total. The smallest absolute Gasteiger partial charge is 0.236 e. The molecule has 0 aromatic rings. The van der Waals surface area contributed by atoms with Crippen LogP contribution in [0.2, 0.25) is 0 Å². The summed E-state index contributed by atoms with van der Waals surface area (Å²) in [5.74, 6) is 1.11. The van der Waals surface area contributed by atoms with Crippen molar-refractivity contribution in [3.8, 4) is 0 Å². The summed E-state index contributed by atoms with van der Waals surface area (Å²) in [6.45, 7) is 2.01. The number of hydrogen-bond donors (Lipinski definition) is 1. The molecule has 4 unspecified atom stereocenters. The monoisotopic (exact) mass is 316 g/mol. The zero-order chi connectivity index (χ0) is 15.2. The van der Waals surface area contributed by atoms with Crippen LogP contribution in [-0.4, -0.2) is 79.6 Å². The lowest BCUT2D eigenvalue weighted by Gasteiger charge is -2.26. The Hall–Kier alpha value is -0.660. The van der Waals surface area contributed by atoms with E-state index in [9.17, 15) is 18.3 Å². The van der Waals surface area contributed by atoms with Crippen molar-refractivity contribution in [3.05, 3.63) is 0 Å². The van der Waals surface area contributed by atoms with E-state index in [0.29, 0.717) is 24.8 Å². The van der Waals surface area contributed by atoms with Crippen molar-refractivity contribution in [2.75, 3.05) is 38.2 Å². The highest BCUT2D eigenvalue weighted by Gasteiger charge is 2.42. The number of carbonyl (C=O) groups is 1. The predicted molar refractivity (Wildman–Crippen MR) is 78.5 cm³/mol. The van der Waals surface area contributed by atoms with Crippen LogP contribution >= 0.6 is 0 Å². The van der Waals surface area contributed by atoms with Crippen molar-refractivity contribution in [1.29, 1.82) is 0 Å². The molecule has 1 saturated carbocycles. The molecular weight excluding hydrogens is 292 g/mol. The van der Waals surface area contributed by atoms with E-state index >= 15 is 0 Å². The molecule has 0 aromatic carbocycles. The molecule has 3 fully saturated rings. The summed E-state index contributed by atoms with van der Waals surface area (Å²) in [7, 11) is -1.25. The van der Waals surface area contributed by atoms with Crippen molar-refractivity contribution in [2.45, 2.75) is 31.4 Å². The molecule has 2 saturated heterocycles. The normalized spacial score (nSPS) is 38.6. The topological polar surface area (TPSA) is 77.9 Å². The molecule has 3 aliphatic rings. The van der Waals surface area contributed by atoms with Crippen LogP contribution in [0.5, 0.6) is 0 Å². The van der Waals surface area contributed by atoms with Gasteiger partial charge in [0.1, 0.15) is 0 Å². The summed E-state index contributed by atoms with van der Waals surface area (Å²) in [6.07, 6.45) is 2.27. The van der Waals surface area contributed by atoms with Gasteiger partial charge in [-0.15, -0.1) is 0 Å². The van der Waals surface area contributed by atoms with Crippen molar-refractivity contribution in [3.63, 3.8) is 0 Å². The Bertz CT molecular complexity index is 521. The van der Waals surface area contributed by atoms with Gasteiger partial charge in [-0.2, -0.15) is 0 Å². The van der Waals surface area contributed by atoms with Gasteiger partial charge in [-0.3, -0.25) is 9.69 Å². The maximum atomic E-state index is 12.3. The second-order valence-electron chi connectivity index (χ2n) is 6.82. The molecule has 1 N–H and O–H groups in total. The third-order valence-corrected chi connectivity index (χ3v) is 7.15. The lowest BCUT2D eigenvalue weighted by Crippen LogP contribution is -2.43. The number of aliphatic hydroxyl groups is 1. The second kappa shape index (κ2) is 5.52. The number of likely N-dealkylation sites (N-methyl/N-ethyl adjacent to an activating group) is 1. The quantitative estimate of drug-likeness (QED) is 0.747. The molecule has 2 aliphatic heterocycles. The van der Waals surface area contributed by atoms with Crippen LogP contribution in [0, 0.1) is 11.8 Å². The molecule has 0 aromatic heterocycles. The average Bonchev–Trinajstić information content (AvgIpc) is 3.06. The number of likely N-dealkylation sites (tertiary alicyclic amines) is 1. The van der Waals surface area contributed by atoms with E-state index < -0.39 is 9.84 Å². The van der Waals surface area contributed by atoms with Crippen LogP contribution in [0.3, 0.4) is 0 Å². The van der Waals surface area contributed by atoms with E-state index in [4.69, 9.17) is 0 Å². The van der Waals surface area contributed by atoms with E-state index in [0.717, 1.165) is 25.9 Å². The molecule has 7 heteroatoms. The van der Waals surface area contributed by atoms with Crippen LogP contribution in [0.15, 0.2) is 0 Å². The molecular formula is C14H24N2O4S. The number of hydrogen-bond acceptors (Lipinski definition) is 5. The largest absolute Gasteiger partial charge is 0.393 e. The third kappa shape index (κ3) is 3.10. The summed E-state index contributed by atoms with van der Waals surface area (Å²) >= 11 is 0. The minimum absolute atomic E-state index is 0.00781. The summed E-state index contributed by atoms with van der Waals surface area (Å²) in [5.41, 5.74) is 0. The first kappa shape index (κ1) is 15.2. The van der Waals surface area contributed by atoms with E-state index in [2.05, 4.69) is 4.90 Å². The number of sulfone groups is 1. The third-order valence-electron chi connectivity index (χ3n) is 5.40. The fraction of sp³-hybridized carbons (Fsp3) is 0.929. The van der Waals surface area contributed by atoms with Gasteiger partial charge >= 0.3 is 0 Å². The van der Waals surface area contributed by atoms with E-state index in [1.165, 1.54) is 0 Å². The van der Waals surface area contributed by atoms with Crippen LogP contribution in [0.1, 0.15) is 19.3 Å². The minimum Gasteiger partial charge on any atom is -0.393 e. The predicted octanol–water partition coefficient (Wildman–Crippen LogP) is -0.665. The Kier molecular flexibility index (Phi) is 4.00. The maximum absolute atomic E-state index is 12.3. The molecule has 1 aliphatic carbocycles. The van der Waals surface area contributed by atoms with Gasteiger partial charge in [-0.1, -0.05) is 0 Å². The number of aliphatic hydroxyl groups excluding tert-OH is 1. The first-order chi connectivity index (χ1) is 9.85.